The number of fused-ring (bicyclic) bond motifs is 1. The number of nitrogens with one attached hydrogen (secondary N) is 1. The monoisotopic (exact) mass is 462 g/mol. The molecule has 176 valence electrons. The Bertz CT molecular complexity index is 1270. The van der Waals surface area contributed by atoms with Crippen LogP contribution in [0.25, 0.3) is 0 Å². The molecule has 5 rings (SSSR count). The molecule has 1 aliphatic rings. The van der Waals surface area contributed by atoms with Crippen LogP contribution in [0.1, 0.15) is 53.0 Å². The first-order valence-electron chi connectivity index (χ1n) is 12.3. The number of benzene rings is 4. The first-order valence-corrected chi connectivity index (χ1v) is 12.3. The van der Waals surface area contributed by atoms with Gasteiger partial charge in [0.1, 0.15) is 18.5 Å². The van der Waals surface area contributed by atoms with Gasteiger partial charge in [-0.25, -0.2) is 0 Å². The molecule has 0 unspecified atom stereocenters. The summed E-state index contributed by atoms with van der Waals surface area (Å²) < 4.78 is 5.97. The molecular weight excluding hydrogens is 432 g/mol. The van der Waals surface area contributed by atoms with Gasteiger partial charge in [0, 0.05) is 11.4 Å². The van der Waals surface area contributed by atoms with Crippen molar-refractivity contribution in [1.82, 2.24) is 0 Å². The second-order valence-electron chi connectivity index (χ2n) is 8.88. The third-order valence-corrected chi connectivity index (χ3v) is 6.40. The molecule has 4 aromatic carbocycles. The summed E-state index contributed by atoms with van der Waals surface area (Å²) in [6.07, 6.45) is 3.07. The number of amides is 1. The van der Waals surface area contributed by atoms with Crippen LogP contribution in [0.2, 0.25) is 0 Å². The number of ether oxygens (including phenoxy) is 1. The molecule has 1 amide bonds. The molecule has 1 atom stereocenters. The van der Waals surface area contributed by atoms with Crippen LogP contribution in [0, 0.1) is 0 Å². The average molecular weight is 463 g/mol. The molecule has 0 aliphatic carbocycles. The van der Waals surface area contributed by atoms with Crippen LogP contribution >= 0.6 is 0 Å². The second-order valence-corrected chi connectivity index (χ2v) is 8.88. The molecule has 0 fully saturated rings. The van der Waals surface area contributed by atoms with E-state index in [1.807, 2.05) is 71.6 Å². The van der Waals surface area contributed by atoms with Gasteiger partial charge in [0.05, 0.1) is 5.56 Å². The highest BCUT2D eigenvalue weighted by atomic mass is 16.5. The van der Waals surface area contributed by atoms with Gasteiger partial charge in [-0.05, 0) is 65.9 Å². The van der Waals surface area contributed by atoms with Gasteiger partial charge < -0.3 is 10.1 Å². The number of para-hydroxylation sites is 1. The highest BCUT2D eigenvalue weighted by Gasteiger charge is 2.34. The lowest BCUT2D eigenvalue weighted by molar-refractivity contribution is 0.0975. The minimum atomic E-state index is -0.318. The van der Waals surface area contributed by atoms with E-state index in [1.54, 1.807) is 0 Å². The van der Waals surface area contributed by atoms with Gasteiger partial charge in [0.15, 0.2) is 0 Å². The number of hydrogen-bond acceptors (Lipinski definition) is 3. The Morgan fingerprint density at radius 1 is 0.800 bits per heavy atom. The third kappa shape index (κ3) is 5.07. The Labute approximate surface area is 207 Å². The Morgan fingerprint density at radius 3 is 2.26 bits per heavy atom. The fourth-order valence-corrected chi connectivity index (χ4v) is 4.44. The quantitative estimate of drug-likeness (QED) is 0.297. The van der Waals surface area contributed by atoms with E-state index in [4.69, 9.17) is 4.74 Å². The summed E-state index contributed by atoms with van der Waals surface area (Å²) in [4.78, 5) is 15.5. The molecule has 0 saturated heterocycles. The number of carbonyl (C=O) groups is 1. The van der Waals surface area contributed by atoms with Crippen LogP contribution in [0.3, 0.4) is 0 Å². The van der Waals surface area contributed by atoms with Gasteiger partial charge in [0.25, 0.3) is 5.91 Å². The molecule has 0 saturated carbocycles. The van der Waals surface area contributed by atoms with Crippen molar-refractivity contribution in [2.75, 3.05) is 10.2 Å². The standard InChI is InChI=1S/C31H30N2O2/c1-2-3-9-23-14-18-26(19-15-23)33-30(32-29-13-8-7-12-28(29)31(33)34)25-16-20-27(21-17-25)35-22-24-10-5-4-6-11-24/h4-8,10-21,30,32H,2-3,9,22H2,1H3/t30-/m0/s1. The van der Waals surface area contributed by atoms with Crippen molar-refractivity contribution in [3.8, 4) is 5.75 Å². The van der Waals surface area contributed by atoms with Gasteiger partial charge in [-0.2, -0.15) is 0 Å². The summed E-state index contributed by atoms with van der Waals surface area (Å²) in [5, 5.41) is 3.58. The second kappa shape index (κ2) is 10.5. The number of rotatable bonds is 8. The molecule has 4 heteroatoms. The number of unbranched alkanes of at least 4 members (excludes halogenated alkanes) is 1. The highest BCUT2D eigenvalue weighted by molar-refractivity contribution is 6.12. The molecule has 4 nitrogen and oxygen atoms in total. The van der Waals surface area contributed by atoms with Crippen molar-refractivity contribution in [2.45, 2.75) is 39.0 Å². The van der Waals surface area contributed by atoms with E-state index in [-0.39, 0.29) is 12.1 Å². The normalized spacial score (nSPS) is 14.8. The number of carbonyl (C=O) groups excluding carboxylic acids is 1. The molecule has 1 aliphatic heterocycles. The number of anilines is 2. The largest absolute Gasteiger partial charge is 0.489 e. The summed E-state index contributed by atoms with van der Waals surface area (Å²) in [6, 6.07) is 34.2. The number of aryl methyl sites for hydroxylation is 1. The Balaban J connectivity index is 1.41. The highest BCUT2D eigenvalue weighted by Crippen LogP contribution is 2.37. The van der Waals surface area contributed by atoms with E-state index >= 15 is 0 Å². The molecule has 1 N–H and O–H groups in total. The first kappa shape index (κ1) is 22.7. The van der Waals surface area contributed by atoms with Crippen molar-refractivity contribution < 1.29 is 9.53 Å². The lowest BCUT2D eigenvalue weighted by atomic mass is 10.0. The molecule has 0 bridgehead atoms. The summed E-state index contributed by atoms with van der Waals surface area (Å²) in [6.45, 7) is 2.72. The lowest BCUT2D eigenvalue weighted by Gasteiger charge is -2.38. The molecule has 0 radical (unpaired) electrons. The number of hydrogen-bond donors (Lipinski definition) is 1. The molecule has 35 heavy (non-hydrogen) atoms. The van der Waals surface area contributed by atoms with E-state index < -0.39 is 0 Å². The van der Waals surface area contributed by atoms with Crippen LogP contribution in [0.5, 0.6) is 5.75 Å². The van der Waals surface area contributed by atoms with E-state index in [1.165, 1.54) is 12.0 Å². The summed E-state index contributed by atoms with van der Waals surface area (Å²) in [7, 11) is 0. The fraction of sp³-hybridized carbons (Fsp3) is 0.194. The van der Waals surface area contributed by atoms with E-state index in [2.05, 4.69) is 48.6 Å². The topological polar surface area (TPSA) is 41.6 Å². The first-order chi connectivity index (χ1) is 17.2. The fourth-order valence-electron chi connectivity index (χ4n) is 4.44. The molecule has 0 spiro atoms. The molecular formula is C31H30N2O2. The Kier molecular flexibility index (Phi) is 6.80. The van der Waals surface area contributed by atoms with E-state index in [0.29, 0.717) is 12.2 Å². The van der Waals surface area contributed by atoms with Crippen LogP contribution < -0.4 is 15.0 Å². The van der Waals surface area contributed by atoms with Crippen LogP contribution in [-0.4, -0.2) is 5.91 Å². The van der Waals surface area contributed by atoms with Gasteiger partial charge >= 0.3 is 0 Å². The van der Waals surface area contributed by atoms with Crippen molar-refractivity contribution >= 4 is 17.3 Å². The minimum absolute atomic E-state index is 0.00457. The summed E-state index contributed by atoms with van der Waals surface area (Å²) in [5.41, 5.74) is 5.83. The maximum Gasteiger partial charge on any atom is 0.262 e. The molecule has 0 aromatic heterocycles. The summed E-state index contributed by atoms with van der Waals surface area (Å²) >= 11 is 0. The van der Waals surface area contributed by atoms with Crippen LogP contribution in [0.4, 0.5) is 11.4 Å². The van der Waals surface area contributed by atoms with Gasteiger partial charge in [-0.1, -0.05) is 80.1 Å². The zero-order valence-electron chi connectivity index (χ0n) is 20.0. The predicted octanol–water partition coefficient (Wildman–Crippen LogP) is 7.38. The van der Waals surface area contributed by atoms with Crippen LogP contribution in [0.15, 0.2) is 103 Å². The third-order valence-electron chi connectivity index (χ3n) is 6.40. The van der Waals surface area contributed by atoms with Gasteiger partial charge in [0.2, 0.25) is 0 Å². The smallest absolute Gasteiger partial charge is 0.262 e. The predicted molar refractivity (Wildman–Crippen MR) is 142 cm³/mol. The van der Waals surface area contributed by atoms with Gasteiger partial charge in [-0.15, -0.1) is 0 Å². The minimum Gasteiger partial charge on any atom is -0.489 e. The Morgan fingerprint density at radius 2 is 1.51 bits per heavy atom. The van der Waals surface area contributed by atoms with Crippen LogP contribution in [-0.2, 0) is 13.0 Å². The maximum absolute atomic E-state index is 13.6. The van der Waals surface area contributed by atoms with Crippen molar-refractivity contribution in [3.05, 3.63) is 125 Å². The zero-order chi connectivity index (χ0) is 24.0. The van der Waals surface area contributed by atoms with Gasteiger partial charge in [-0.3, -0.25) is 9.69 Å². The maximum atomic E-state index is 13.6. The zero-order valence-corrected chi connectivity index (χ0v) is 20.0. The lowest BCUT2D eigenvalue weighted by Crippen LogP contribution is -2.43. The Hall–Kier alpha value is -4.05. The molecule has 1 heterocycles. The molecule has 4 aromatic rings. The average Bonchev–Trinajstić information content (AvgIpc) is 2.92. The SMILES string of the molecule is CCCCc1ccc(N2C(=O)c3ccccc3N[C@@H]2c2ccc(OCc3ccccc3)cc2)cc1. The van der Waals surface area contributed by atoms with E-state index in [0.717, 1.165) is 41.1 Å². The summed E-state index contributed by atoms with van der Waals surface area (Å²) in [5.74, 6) is 0.794. The van der Waals surface area contributed by atoms with Crippen molar-refractivity contribution in [2.24, 2.45) is 0 Å². The van der Waals surface area contributed by atoms with E-state index in [9.17, 15) is 4.79 Å². The number of nitrogens with zero attached hydrogens (tertiary/aromatic N) is 1. The van der Waals surface area contributed by atoms with Crippen molar-refractivity contribution in [1.29, 1.82) is 0 Å². The van der Waals surface area contributed by atoms with Crippen molar-refractivity contribution in [3.63, 3.8) is 0 Å².